The number of rotatable bonds is 6. The van der Waals surface area contributed by atoms with Crippen molar-refractivity contribution >= 4 is 6.03 Å². The summed E-state index contributed by atoms with van der Waals surface area (Å²) >= 11 is 0. The van der Waals surface area contributed by atoms with E-state index < -0.39 is 0 Å². The smallest absolute Gasteiger partial charge is 0.326 e. The van der Waals surface area contributed by atoms with Crippen molar-refractivity contribution in [3.05, 3.63) is 18.7 Å². The van der Waals surface area contributed by atoms with E-state index in [1.54, 1.807) is 12.4 Å². The summed E-state index contributed by atoms with van der Waals surface area (Å²) in [5.74, 6) is 0. The molecule has 84 valence electrons. The van der Waals surface area contributed by atoms with E-state index in [1.165, 1.54) is 10.9 Å². The Morgan fingerprint density at radius 2 is 2.40 bits per heavy atom. The van der Waals surface area contributed by atoms with Crippen LogP contribution in [0.25, 0.3) is 0 Å². The molecule has 0 bridgehead atoms. The Kier molecular flexibility index (Phi) is 5.47. The van der Waals surface area contributed by atoms with Crippen LogP contribution in [-0.4, -0.2) is 35.3 Å². The number of nitrogens with zero attached hydrogens (tertiary/aromatic N) is 2. The van der Waals surface area contributed by atoms with E-state index in [2.05, 4.69) is 17.2 Å². The van der Waals surface area contributed by atoms with Crippen LogP contribution in [0, 0.1) is 0 Å². The molecule has 0 fully saturated rings. The SMILES string of the molecule is CCCCOCCNC(=O)n1ccnc1. The highest BCUT2D eigenvalue weighted by Gasteiger charge is 2.00. The van der Waals surface area contributed by atoms with E-state index in [0.29, 0.717) is 13.2 Å². The van der Waals surface area contributed by atoms with Crippen LogP contribution in [0.3, 0.4) is 0 Å². The van der Waals surface area contributed by atoms with Crippen LogP contribution >= 0.6 is 0 Å². The predicted octanol–water partition coefficient (Wildman–Crippen LogP) is 1.26. The standard InChI is InChI=1S/C10H17N3O2/c1-2-3-7-15-8-5-12-10(14)13-6-4-11-9-13/h4,6,9H,2-3,5,7-8H2,1H3,(H,12,14). The molecule has 5 heteroatoms. The van der Waals surface area contributed by atoms with Gasteiger partial charge in [-0.2, -0.15) is 0 Å². The summed E-state index contributed by atoms with van der Waals surface area (Å²) in [5.41, 5.74) is 0. The first-order valence-corrected chi connectivity index (χ1v) is 5.18. The molecule has 0 aliphatic heterocycles. The minimum absolute atomic E-state index is 0.174. The van der Waals surface area contributed by atoms with E-state index in [1.807, 2.05) is 0 Å². The lowest BCUT2D eigenvalue weighted by atomic mass is 10.4. The minimum Gasteiger partial charge on any atom is -0.380 e. The first-order chi connectivity index (χ1) is 7.34. The molecule has 1 aromatic rings. The molecule has 0 unspecified atom stereocenters. The molecule has 0 radical (unpaired) electrons. The number of aromatic nitrogens is 2. The highest BCUT2D eigenvalue weighted by molar-refractivity contribution is 5.76. The van der Waals surface area contributed by atoms with Crippen molar-refractivity contribution in [2.45, 2.75) is 19.8 Å². The average Bonchev–Trinajstić information content (AvgIpc) is 2.76. The molecule has 1 aromatic heterocycles. The third kappa shape index (κ3) is 4.60. The van der Waals surface area contributed by atoms with Crippen LogP contribution in [0.5, 0.6) is 0 Å². The van der Waals surface area contributed by atoms with Crippen molar-refractivity contribution in [1.82, 2.24) is 14.9 Å². The first-order valence-electron chi connectivity index (χ1n) is 5.18. The Labute approximate surface area is 89.4 Å². The molecule has 0 saturated carbocycles. The van der Waals surface area contributed by atoms with E-state index in [0.717, 1.165) is 19.4 Å². The van der Waals surface area contributed by atoms with Crippen molar-refractivity contribution in [2.75, 3.05) is 19.8 Å². The molecule has 0 saturated heterocycles. The molecular weight excluding hydrogens is 194 g/mol. The monoisotopic (exact) mass is 211 g/mol. The number of ether oxygens (including phenoxy) is 1. The van der Waals surface area contributed by atoms with Gasteiger partial charge in [0, 0.05) is 25.5 Å². The number of carbonyl (C=O) groups is 1. The zero-order chi connectivity index (χ0) is 10.9. The summed E-state index contributed by atoms with van der Waals surface area (Å²) in [4.78, 5) is 15.1. The van der Waals surface area contributed by atoms with Crippen LogP contribution in [-0.2, 0) is 4.74 Å². The van der Waals surface area contributed by atoms with Crippen LogP contribution in [0.2, 0.25) is 0 Å². The maximum absolute atomic E-state index is 11.4. The number of amides is 1. The fourth-order valence-corrected chi connectivity index (χ4v) is 1.05. The van der Waals surface area contributed by atoms with Gasteiger partial charge < -0.3 is 10.1 Å². The van der Waals surface area contributed by atoms with Gasteiger partial charge in [-0.15, -0.1) is 0 Å². The Morgan fingerprint density at radius 3 is 3.07 bits per heavy atom. The fraction of sp³-hybridized carbons (Fsp3) is 0.600. The lowest BCUT2D eigenvalue weighted by molar-refractivity contribution is 0.133. The summed E-state index contributed by atoms with van der Waals surface area (Å²) in [6.45, 7) is 3.96. The third-order valence-electron chi connectivity index (χ3n) is 1.90. The minimum atomic E-state index is -0.174. The maximum Gasteiger partial charge on any atom is 0.326 e. The summed E-state index contributed by atoms with van der Waals surface area (Å²) in [6, 6.07) is -0.174. The van der Waals surface area contributed by atoms with E-state index in [-0.39, 0.29) is 6.03 Å². The average molecular weight is 211 g/mol. The van der Waals surface area contributed by atoms with Crippen LogP contribution in [0.4, 0.5) is 4.79 Å². The summed E-state index contributed by atoms with van der Waals surface area (Å²) < 4.78 is 6.70. The van der Waals surface area contributed by atoms with Gasteiger partial charge in [0.05, 0.1) is 6.61 Å². The van der Waals surface area contributed by atoms with Gasteiger partial charge in [-0.25, -0.2) is 9.78 Å². The summed E-state index contributed by atoms with van der Waals surface area (Å²) in [5, 5.41) is 2.72. The summed E-state index contributed by atoms with van der Waals surface area (Å²) in [7, 11) is 0. The molecule has 1 heterocycles. The van der Waals surface area contributed by atoms with Gasteiger partial charge in [0.1, 0.15) is 6.33 Å². The van der Waals surface area contributed by atoms with E-state index in [4.69, 9.17) is 4.74 Å². The van der Waals surface area contributed by atoms with E-state index in [9.17, 15) is 4.79 Å². The Bertz CT molecular complexity index is 272. The Balaban J connectivity index is 2.03. The van der Waals surface area contributed by atoms with Crippen molar-refractivity contribution in [3.8, 4) is 0 Å². The molecule has 1 amide bonds. The zero-order valence-corrected chi connectivity index (χ0v) is 8.98. The number of hydrogen-bond donors (Lipinski definition) is 1. The molecule has 15 heavy (non-hydrogen) atoms. The second-order valence-electron chi connectivity index (χ2n) is 3.17. The largest absolute Gasteiger partial charge is 0.380 e. The third-order valence-corrected chi connectivity index (χ3v) is 1.90. The molecule has 1 N–H and O–H groups in total. The Hall–Kier alpha value is -1.36. The summed E-state index contributed by atoms with van der Waals surface area (Å²) in [6.07, 6.45) is 6.83. The molecule has 1 rings (SSSR count). The first kappa shape index (κ1) is 11.7. The predicted molar refractivity (Wildman–Crippen MR) is 56.8 cm³/mol. The number of carbonyl (C=O) groups excluding carboxylic acids is 1. The maximum atomic E-state index is 11.4. The second-order valence-corrected chi connectivity index (χ2v) is 3.17. The van der Waals surface area contributed by atoms with Crippen molar-refractivity contribution in [2.24, 2.45) is 0 Å². The lowest BCUT2D eigenvalue weighted by Crippen LogP contribution is -2.30. The van der Waals surface area contributed by atoms with Gasteiger partial charge in [-0.05, 0) is 6.42 Å². The number of hydrogen-bond acceptors (Lipinski definition) is 3. The van der Waals surface area contributed by atoms with Gasteiger partial charge >= 0.3 is 6.03 Å². The quantitative estimate of drug-likeness (QED) is 0.721. The van der Waals surface area contributed by atoms with Crippen molar-refractivity contribution in [3.63, 3.8) is 0 Å². The van der Waals surface area contributed by atoms with Crippen LogP contribution < -0.4 is 5.32 Å². The molecule has 0 atom stereocenters. The van der Waals surface area contributed by atoms with Gasteiger partial charge in [-0.1, -0.05) is 13.3 Å². The molecule has 5 nitrogen and oxygen atoms in total. The number of imidazole rings is 1. The lowest BCUT2D eigenvalue weighted by Gasteiger charge is -2.05. The van der Waals surface area contributed by atoms with Gasteiger partial charge in [-0.3, -0.25) is 4.57 Å². The topological polar surface area (TPSA) is 56.1 Å². The van der Waals surface area contributed by atoms with Gasteiger partial charge in [0.25, 0.3) is 0 Å². The molecule has 0 aliphatic carbocycles. The van der Waals surface area contributed by atoms with E-state index >= 15 is 0 Å². The fourth-order valence-electron chi connectivity index (χ4n) is 1.05. The molecular formula is C10H17N3O2. The molecule has 0 aliphatic rings. The van der Waals surface area contributed by atoms with Crippen molar-refractivity contribution < 1.29 is 9.53 Å². The molecule has 0 spiro atoms. The highest BCUT2D eigenvalue weighted by atomic mass is 16.5. The normalized spacial score (nSPS) is 10.2. The number of unbranched alkanes of at least 4 members (excludes halogenated alkanes) is 1. The van der Waals surface area contributed by atoms with Gasteiger partial charge in [0.2, 0.25) is 0 Å². The number of nitrogens with one attached hydrogen (secondary N) is 1. The van der Waals surface area contributed by atoms with Crippen LogP contribution in [0.1, 0.15) is 19.8 Å². The van der Waals surface area contributed by atoms with Crippen LogP contribution in [0.15, 0.2) is 18.7 Å². The van der Waals surface area contributed by atoms with Gasteiger partial charge in [0.15, 0.2) is 0 Å². The van der Waals surface area contributed by atoms with Crippen molar-refractivity contribution in [1.29, 1.82) is 0 Å². The molecule has 0 aromatic carbocycles. The highest BCUT2D eigenvalue weighted by Crippen LogP contribution is 1.87. The zero-order valence-electron chi connectivity index (χ0n) is 8.98. The second kappa shape index (κ2) is 7.00. The Morgan fingerprint density at radius 1 is 1.53 bits per heavy atom.